The van der Waals surface area contributed by atoms with E-state index in [0.29, 0.717) is 24.0 Å². The summed E-state index contributed by atoms with van der Waals surface area (Å²) in [5.74, 6) is 1.51. The molecule has 1 aliphatic rings. The molecule has 1 amide bonds. The lowest BCUT2D eigenvalue weighted by molar-refractivity contribution is -0.130. The molecule has 1 unspecified atom stereocenters. The number of amides is 1. The minimum absolute atomic E-state index is 0.178. The lowest BCUT2D eigenvalue weighted by Gasteiger charge is -2.16. The molecule has 5 heteroatoms. The summed E-state index contributed by atoms with van der Waals surface area (Å²) in [5, 5.41) is 3.85. The molecule has 1 atom stereocenters. The van der Waals surface area contributed by atoms with Crippen molar-refractivity contribution in [3.05, 3.63) is 29.3 Å². The van der Waals surface area contributed by atoms with Crippen molar-refractivity contribution < 1.29 is 9.53 Å². The zero-order chi connectivity index (χ0) is 14.4. The fraction of sp³-hybridized carbons (Fsp3) is 0.533. The molecule has 0 aromatic heterocycles. The normalized spacial score (nSPS) is 18.3. The third-order valence-electron chi connectivity index (χ3n) is 3.53. The van der Waals surface area contributed by atoms with Crippen molar-refractivity contribution in [3.8, 4) is 5.75 Å². The number of ether oxygens (including phenoxy) is 1. The van der Waals surface area contributed by atoms with Crippen LogP contribution in [0.15, 0.2) is 24.3 Å². The highest BCUT2D eigenvalue weighted by Crippen LogP contribution is 2.17. The number of carbonyl (C=O) groups is 1. The Morgan fingerprint density at radius 3 is 2.90 bits per heavy atom. The predicted molar refractivity (Wildman–Crippen MR) is 80.2 cm³/mol. The second kappa shape index (κ2) is 7.50. The number of hydrogen-bond donors (Lipinski definition) is 1. The lowest BCUT2D eigenvalue weighted by atomic mass is 10.1. The van der Waals surface area contributed by atoms with Gasteiger partial charge in [0, 0.05) is 18.1 Å². The van der Waals surface area contributed by atoms with Gasteiger partial charge in [-0.15, -0.1) is 0 Å². The summed E-state index contributed by atoms with van der Waals surface area (Å²) < 4.78 is 5.55. The van der Waals surface area contributed by atoms with E-state index in [4.69, 9.17) is 16.3 Å². The van der Waals surface area contributed by atoms with Gasteiger partial charge < -0.3 is 15.0 Å². The van der Waals surface area contributed by atoms with Gasteiger partial charge in [-0.3, -0.25) is 4.79 Å². The summed E-state index contributed by atoms with van der Waals surface area (Å²) >= 11 is 5.80. The van der Waals surface area contributed by atoms with Crippen LogP contribution in [0.1, 0.15) is 12.8 Å². The van der Waals surface area contributed by atoms with Crippen LogP contribution in [0, 0.1) is 5.92 Å². The summed E-state index contributed by atoms with van der Waals surface area (Å²) in [5.41, 5.74) is 0. The molecule has 2 rings (SSSR count). The fourth-order valence-corrected chi connectivity index (χ4v) is 2.59. The van der Waals surface area contributed by atoms with Gasteiger partial charge in [0.1, 0.15) is 5.75 Å². The molecule has 0 bridgehead atoms. The maximum atomic E-state index is 12.0. The van der Waals surface area contributed by atoms with Gasteiger partial charge >= 0.3 is 0 Å². The highest BCUT2D eigenvalue weighted by Gasteiger charge is 2.25. The molecule has 0 radical (unpaired) electrons. The van der Waals surface area contributed by atoms with E-state index in [1.165, 1.54) is 0 Å². The van der Waals surface area contributed by atoms with Crippen molar-refractivity contribution in [3.63, 3.8) is 0 Å². The molecule has 1 N–H and O–H groups in total. The first-order valence-corrected chi connectivity index (χ1v) is 7.37. The summed E-state index contributed by atoms with van der Waals surface area (Å²) in [7, 11) is 1.95. The van der Waals surface area contributed by atoms with Crippen molar-refractivity contribution in [1.82, 2.24) is 10.2 Å². The predicted octanol–water partition coefficient (Wildman–Crippen LogP) is 2.18. The van der Waals surface area contributed by atoms with Gasteiger partial charge in [0.05, 0.1) is 13.0 Å². The van der Waals surface area contributed by atoms with Gasteiger partial charge in [-0.05, 0) is 50.2 Å². The Bertz CT molecular complexity index is 436. The molecule has 4 nitrogen and oxygen atoms in total. The Labute approximate surface area is 125 Å². The highest BCUT2D eigenvalue weighted by atomic mass is 35.5. The topological polar surface area (TPSA) is 41.6 Å². The Morgan fingerprint density at radius 2 is 2.20 bits per heavy atom. The molecule has 0 aliphatic carbocycles. The number of nitrogens with one attached hydrogen (secondary N) is 1. The van der Waals surface area contributed by atoms with E-state index >= 15 is 0 Å². The van der Waals surface area contributed by atoms with Crippen molar-refractivity contribution in [1.29, 1.82) is 0 Å². The van der Waals surface area contributed by atoms with Crippen LogP contribution in [0.5, 0.6) is 5.75 Å². The Morgan fingerprint density at radius 1 is 1.45 bits per heavy atom. The SMILES string of the molecule is CNCC1CCN(C(=O)CCOc2ccc(Cl)cc2)C1. The summed E-state index contributed by atoms with van der Waals surface area (Å²) in [6.07, 6.45) is 1.51. The molecule has 110 valence electrons. The zero-order valence-corrected chi connectivity index (χ0v) is 12.5. The van der Waals surface area contributed by atoms with Crippen LogP contribution in [0.4, 0.5) is 0 Å². The first kappa shape index (κ1) is 15.1. The molecule has 0 spiro atoms. The number of carbonyl (C=O) groups excluding carboxylic acids is 1. The van der Waals surface area contributed by atoms with Gasteiger partial charge in [-0.2, -0.15) is 0 Å². The maximum absolute atomic E-state index is 12.0. The lowest BCUT2D eigenvalue weighted by Crippen LogP contribution is -2.31. The quantitative estimate of drug-likeness (QED) is 0.875. The molecule has 1 saturated heterocycles. The monoisotopic (exact) mass is 296 g/mol. The first-order valence-electron chi connectivity index (χ1n) is 7.00. The van der Waals surface area contributed by atoms with Crippen LogP contribution >= 0.6 is 11.6 Å². The van der Waals surface area contributed by atoms with E-state index in [9.17, 15) is 4.79 Å². The second-order valence-electron chi connectivity index (χ2n) is 5.10. The fourth-order valence-electron chi connectivity index (χ4n) is 2.46. The van der Waals surface area contributed by atoms with Crippen LogP contribution in [-0.2, 0) is 4.79 Å². The molecule has 1 heterocycles. The van der Waals surface area contributed by atoms with E-state index < -0.39 is 0 Å². The molecule has 1 aromatic carbocycles. The molecule has 1 aliphatic heterocycles. The standard InChI is InChI=1S/C15H21ClN2O2/c1-17-10-12-6-8-18(11-12)15(19)7-9-20-14-4-2-13(16)3-5-14/h2-5,12,17H,6-11H2,1H3. The van der Waals surface area contributed by atoms with Gasteiger partial charge in [-0.1, -0.05) is 11.6 Å². The third kappa shape index (κ3) is 4.39. The van der Waals surface area contributed by atoms with E-state index in [1.54, 1.807) is 12.1 Å². The van der Waals surface area contributed by atoms with Gasteiger partial charge in [-0.25, -0.2) is 0 Å². The minimum atomic E-state index is 0.178. The third-order valence-corrected chi connectivity index (χ3v) is 3.78. The van der Waals surface area contributed by atoms with E-state index in [1.807, 2.05) is 24.1 Å². The van der Waals surface area contributed by atoms with Crippen molar-refractivity contribution >= 4 is 17.5 Å². The van der Waals surface area contributed by atoms with Gasteiger partial charge in [0.15, 0.2) is 0 Å². The van der Waals surface area contributed by atoms with Crippen LogP contribution < -0.4 is 10.1 Å². The molecule has 20 heavy (non-hydrogen) atoms. The zero-order valence-electron chi connectivity index (χ0n) is 11.8. The largest absolute Gasteiger partial charge is 0.493 e. The van der Waals surface area contributed by atoms with Crippen molar-refractivity contribution in [2.45, 2.75) is 12.8 Å². The smallest absolute Gasteiger partial charge is 0.226 e. The average Bonchev–Trinajstić information content (AvgIpc) is 2.90. The molecule has 0 saturated carbocycles. The minimum Gasteiger partial charge on any atom is -0.493 e. The molecular weight excluding hydrogens is 276 g/mol. The molecule has 1 fully saturated rings. The number of rotatable bonds is 6. The number of benzene rings is 1. The van der Waals surface area contributed by atoms with E-state index in [0.717, 1.165) is 31.8 Å². The van der Waals surface area contributed by atoms with Crippen molar-refractivity contribution in [2.75, 3.05) is 33.3 Å². The first-order chi connectivity index (χ1) is 9.69. The highest BCUT2D eigenvalue weighted by molar-refractivity contribution is 6.30. The van der Waals surface area contributed by atoms with Gasteiger partial charge in [0.25, 0.3) is 0 Å². The molecule has 1 aromatic rings. The van der Waals surface area contributed by atoms with Crippen molar-refractivity contribution in [2.24, 2.45) is 5.92 Å². The Hall–Kier alpha value is -1.26. The van der Waals surface area contributed by atoms with Crippen LogP contribution in [0.25, 0.3) is 0 Å². The summed E-state index contributed by atoms with van der Waals surface area (Å²) in [4.78, 5) is 14.0. The summed E-state index contributed by atoms with van der Waals surface area (Å²) in [6, 6.07) is 7.18. The molecular formula is C15H21ClN2O2. The number of halogens is 1. The number of likely N-dealkylation sites (tertiary alicyclic amines) is 1. The van der Waals surface area contributed by atoms with Gasteiger partial charge in [0.2, 0.25) is 5.91 Å². The van der Waals surface area contributed by atoms with E-state index in [-0.39, 0.29) is 5.91 Å². The number of hydrogen-bond acceptors (Lipinski definition) is 3. The average molecular weight is 297 g/mol. The Balaban J connectivity index is 1.69. The van der Waals surface area contributed by atoms with Crippen LogP contribution in [0.2, 0.25) is 5.02 Å². The Kier molecular flexibility index (Phi) is 5.68. The van der Waals surface area contributed by atoms with Crippen LogP contribution in [0.3, 0.4) is 0 Å². The van der Waals surface area contributed by atoms with Crippen LogP contribution in [-0.4, -0.2) is 44.1 Å². The van der Waals surface area contributed by atoms with E-state index in [2.05, 4.69) is 5.32 Å². The summed E-state index contributed by atoms with van der Waals surface area (Å²) in [6.45, 7) is 3.12. The maximum Gasteiger partial charge on any atom is 0.226 e. The second-order valence-corrected chi connectivity index (χ2v) is 5.54. The number of nitrogens with zero attached hydrogens (tertiary/aromatic N) is 1.